The number of hydrogen-bond acceptors (Lipinski definition) is 4. The topological polar surface area (TPSA) is 83.2 Å². The summed E-state index contributed by atoms with van der Waals surface area (Å²) >= 11 is 5.92. The van der Waals surface area contributed by atoms with Crippen molar-refractivity contribution in [3.8, 4) is 0 Å². The molecule has 0 amide bonds. The summed E-state index contributed by atoms with van der Waals surface area (Å²) in [5.41, 5.74) is 10.2. The summed E-state index contributed by atoms with van der Waals surface area (Å²) in [5.74, 6) is 0. The molecule has 0 aliphatic carbocycles. The average Bonchev–Trinajstić information content (AvgIpc) is 2.47. The third-order valence-corrected chi connectivity index (χ3v) is 2.70. The van der Waals surface area contributed by atoms with Crippen LogP contribution in [-0.2, 0) is 11.4 Å². The van der Waals surface area contributed by atoms with Gasteiger partial charge >= 0.3 is 0 Å². The van der Waals surface area contributed by atoms with Crippen LogP contribution < -0.4 is 0 Å². The van der Waals surface area contributed by atoms with Crippen molar-refractivity contribution in [2.24, 2.45) is 10.3 Å². The van der Waals surface area contributed by atoms with Crippen molar-refractivity contribution in [3.63, 3.8) is 0 Å². The van der Waals surface area contributed by atoms with Gasteiger partial charge in [0.15, 0.2) is 0 Å². The Labute approximate surface area is 120 Å². The van der Waals surface area contributed by atoms with Gasteiger partial charge in [-0.3, -0.25) is 0 Å². The van der Waals surface area contributed by atoms with Gasteiger partial charge in [-0.2, -0.15) is 0 Å². The van der Waals surface area contributed by atoms with Crippen molar-refractivity contribution >= 4 is 23.5 Å². The van der Waals surface area contributed by atoms with Gasteiger partial charge in [-0.15, -0.1) is 0 Å². The Hall–Kier alpha value is -2.56. The molecular formula is C13H10ClN5O. The van der Waals surface area contributed by atoms with E-state index in [0.717, 1.165) is 5.56 Å². The van der Waals surface area contributed by atoms with Gasteiger partial charge < -0.3 is 4.84 Å². The summed E-state index contributed by atoms with van der Waals surface area (Å²) in [6.45, 7) is 0.339. The molecule has 0 radical (unpaired) electrons. The van der Waals surface area contributed by atoms with Crippen LogP contribution in [0.5, 0.6) is 0 Å². The number of oxime groups is 1. The van der Waals surface area contributed by atoms with Crippen molar-refractivity contribution < 1.29 is 4.84 Å². The third-order valence-electron chi connectivity index (χ3n) is 2.40. The number of hydrogen-bond donors (Lipinski definition) is 0. The van der Waals surface area contributed by atoms with E-state index in [0.29, 0.717) is 17.9 Å². The number of halogens is 1. The summed E-state index contributed by atoms with van der Waals surface area (Å²) in [7, 11) is 0. The summed E-state index contributed by atoms with van der Waals surface area (Å²) in [6.07, 6.45) is 2.83. The Morgan fingerprint density at radius 3 is 2.85 bits per heavy atom. The lowest BCUT2D eigenvalue weighted by atomic mass is 10.2. The molecule has 0 saturated heterocycles. The van der Waals surface area contributed by atoms with Crippen molar-refractivity contribution in [1.82, 2.24) is 4.98 Å². The first-order chi connectivity index (χ1) is 9.81. The van der Waals surface area contributed by atoms with E-state index in [1.165, 1.54) is 12.4 Å². The number of pyridine rings is 1. The van der Waals surface area contributed by atoms with E-state index in [1.54, 1.807) is 6.07 Å². The van der Waals surface area contributed by atoms with Crippen molar-refractivity contribution in [2.45, 2.75) is 6.61 Å². The van der Waals surface area contributed by atoms with E-state index in [2.05, 4.69) is 20.2 Å². The fourth-order valence-corrected chi connectivity index (χ4v) is 1.67. The van der Waals surface area contributed by atoms with Gasteiger partial charge in [0.05, 0.1) is 11.9 Å². The molecule has 0 N–H and O–H groups in total. The van der Waals surface area contributed by atoms with Gasteiger partial charge in [0.2, 0.25) is 0 Å². The summed E-state index contributed by atoms with van der Waals surface area (Å²) in [5, 5.41) is 7.52. The average molecular weight is 288 g/mol. The molecule has 1 heterocycles. The van der Waals surface area contributed by atoms with Crippen LogP contribution in [0.25, 0.3) is 10.4 Å². The maximum absolute atomic E-state index is 8.47. The molecule has 6 nitrogen and oxygen atoms in total. The van der Waals surface area contributed by atoms with E-state index in [9.17, 15) is 0 Å². The predicted molar refractivity (Wildman–Crippen MR) is 76.9 cm³/mol. The zero-order valence-corrected chi connectivity index (χ0v) is 11.1. The molecule has 0 aliphatic heterocycles. The zero-order chi connectivity index (χ0) is 14.2. The van der Waals surface area contributed by atoms with E-state index >= 15 is 0 Å². The molecule has 2 rings (SSSR count). The van der Waals surface area contributed by atoms with Crippen LogP contribution in [0.1, 0.15) is 11.1 Å². The lowest BCUT2D eigenvalue weighted by Gasteiger charge is -2.01. The minimum atomic E-state index is 0.196. The highest BCUT2D eigenvalue weighted by atomic mass is 35.5. The van der Waals surface area contributed by atoms with E-state index < -0.39 is 0 Å². The summed E-state index contributed by atoms with van der Waals surface area (Å²) < 4.78 is 0. The quantitative estimate of drug-likeness (QED) is 0.206. The predicted octanol–water partition coefficient (Wildman–Crippen LogP) is 4.23. The van der Waals surface area contributed by atoms with Crippen LogP contribution >= 0.6 is 11.6 Å². The molecule has 0 atom stereocenters. The Morgan fingerprint density at radius 2 is 2.10 bits per heavy atom. The molecule has 0 saturated carbocycles. The van der Waals surface area contributed by atoms with Crippen LogP contribution in [-0.4, -0.2) is 11.2 Å². The second-order valence-electron chi connectivity index (χ2n) is 3.72. The lowest BCUT2D eigenvalue weighted by molar-refractivity contribution is 0.132. The van der Waals surface area contributed by atoms with Gasteiger partial charge in [0, 0.05) is 16.7 Å². The molecular weight excluding hydrogens is 278 g/mol. The molecule has 1 aromatic heterocycles. The molecule has 0 bridgehead atoms. The molecule has 0 fully saturated rings. The zero-order valence-electron chi connectivity index (χ0n) is 10.3. The Kier molecular flexibility index (Phi) is 4.94. The first-order valence-electron chi connectivity index (χ1n) is 5.70. The van der Waals surface area contributed by atoms with Crippen molar-refractivity contribution in [2.75, 3.05) is 0 Å². The highest BCUT2D eigenvalue weighted by Gasteiger charge is 2.04. The molecule has 0 unspecified atom stereocenters. The van der Waals surface area contributed by atoms with Gasteiger partial charge in [-0.05, 0) is 17.2 Å². The summed E-state index contributed by atoms with van der Waals surface area (Å²) in [6, 6.07) is 11.2. The smallest absolute Gasteiger partial charge is 0.142 e. The van der Waals surface area contributed by atoms with Crippen LogP contribution in [0.3, 0.4) is 0 Å². The number of benzene rings is 1. The SMILES string of the molecule is [N-]=[N+]=Nc1ccnc(Cl)c1C=NOCc1ccccc1. The fraction of sp³-hybridized carbons (Fsp3) is 0.0769. The van der Waals surface area contributed by atoms with Crippen molar-refractivity contribution in [1.29, 1.82) is 0 Å². The van der Waals surface area contributed by atoms with Gasteiger partial charge in [0.25, 0.3) is 0 Å². The standard InChI is InChI=1S/C13H10ClN5O/c14-13-11(12(18-19-15)6-7-16-13)8-17-20-9-10-4-2-1-3-5-10/h1-8H,9H2. The highest BCUT2D eigenvalue weighted by Crippen LogP contribution is 2.23. The summed E-state index contributed by atoms with van der Waals surface area (Å²) in [4.78, 5) is 11.8. The van der Waals surface area contributed by atoms with Crippen molar-refractivity contribution in [3.05, 3.63) is 69.3 Å². The number of aromatic nitrogens is 1. The fourth-order valence-electron chi connectivity index (χ4n) is 1.47. The molecule has 2 aromatic rings. The molecule has 100 valence electrons. The molecule has 1 aromatic carbocycles. The Balaban J connectivity index is 2.06. The van der Waals surface area contributed by atoms with Crippen LogP contribution in [0.2, 0.25) is 5.15 Å². The maximum atomic E-state index is 8.47. The monoisotopic (exact) mass is 287 g/mol. The van der Waals surface area contributed by atoms with E-state index in [4.69, 9.17) is 22.0 Å². The van der Waals surface area contributed by atoms with Crippen LogP contribution in [0.15, 0.2) is 52.9 Å². The Morgan fingerprint density at radius 1 is 1.30 bits per heavy atom. The lowest BCUT2D eigenvalue weighted by Crippen LogP contribution is -1.90. The van der Waals surface area contributed by atoms with Gasteiger partial charge in [0.1, 0.15) is 11.8 Å². The molecule has 7 heteroatoms. The third kappa shape index (κ3) is 3.71. The van der Waals surface area contributed by atoms with E-state index in [-0.39, 0.29) is 5.15 Å². The second kappa shape index (κ2) is 7.13. The molecule has 0 aliphatic rings. The maximum Gasteiger partial charge on any atom is 0.142 e. The second-order valence-corrected chi connectivity index (χ2v) is 4.08. The molecule has 20 heavy (non-hydrogen) atoms. The number of nitrogens with zero attached hydrogens (tertiary/aromatic N) is 5. The number of azide groups is 1. The van der Waals surface area contributed by atoms with Gasteiger partial charge in [-0.25, -0.2) is 4.98 Å². The normalized spacial score (nSPS) is 10.2. The molecule has 0 spiro atoms. The van der Waals surface area contributed by atoms with Crippen LogP contribution in [0.4, 0.5) is 5.69 Å². The minimum absolute atomic E-state index is 0.196. The number of rotatable bonds is 5. The van der Waals surface area contributed by atoms with Crippen LogP contribution in [0, 0.1) is 0 Å². The highest BCUT2D eigenvalue weighted by molar-refractivity contribution is 6.32. The first kappa shape index (κ1) is 13.9. The minimum Gasteiger partial charge on any atom is -0.391 e. The van der Waals surface area contributed by atoms with E-state index in [1.807, 2.05) is 30.3 Å². The van der Waals surface area contributed by atoms with Gasteiger partial charge in [-0.1, -0.05) is 52.2 Å². The first-order valence-corrected chi connectivity index (χ1v) is 6.08. The largest absolute Gasteiger partial charge is 0.391 e. The Bertz CT molecular complexity index is 653.